The van der Waals surface area contributed by atoms with E-state index in [2.05, 4.69) is 41.4 Å². The monoisotopic (exact) mass is 200 g/mol. The van der Waals surface area contributed by atoms with Crippen molar-refractivity contribution >= 4 is 5.96 Å². The molecule has 0 aromatic rings. The van der Waals surface area contributed by atoms with Gasteiger partial charge in [0, 0.05) is 26.7 Å². The SMILES string of the molecule is CCCNC(=NC)NCCN(C)CC. The summed E-state index contributed by atoms with van der Waals surface area (Å²) in [6.07, 6.45) is 1.12. The molecule has 0 fully saturated rings. The maximum atomic E-state index is 4.12. The number of likely N-dealkylation sites (N-methyl/N-ethyl adjacent to an activating group) is 1. The average molecular weight is 200 g/mol. The van der Waals surface area contributed by atoms with Crippen LogP contribution in [-0.4, -0.2) is 51.1 Å². The highest BCUT2D eigenvalue weighted by Crippen LogP contribution is 1.78. The Kier molecular flexibility index (Phi) is 8.33. The molecular formula is C10H24N4. The number of aliphatic imine (C=N–C) groups is 1. The van der Waals surface area contributed by atoms with Crippen molar-refractivity contribution in [3.63, 3.8) is 0 Å². The zero-order chi connectivity index (χ0) is 10.8. The Bertz CT molecular complexity index is 156. The minimum atomic E-state index is 0.899. The summed E-state index contributed by atoms with van der Waals surface area (Å²) in [4.78, 5) is 6.39. The summed E-state index contributed by atoms with van der Waals surface area (Å²) < 4.78 is 0. The van der Waals surface area contributed by atoms with Gasteiger partial charge in [-0.3, -0.25) is 4.99 Å². The molecule has 4 heteroatoms. The summed E-state index contributed by atoms with van der Waals surface area (Å²) in [6, 6.07) is 0. The lowest BCUT2D eigenvalue weighted by Crippen LogP contribution is -2.41. The zero-order valence-corrected chi connectivity index (χ0v) is 9.93. The Balaban J connectivity index is 3.53. The van der Waals surface area contributed by atoms with Crippen molar-refractivity contribution in [1.29, 1.82) is 0 Å². The smallest absolute Gasteiger partial charge is 0.191 e. The predicted octanol–water partition coefficient (Wildman–Crippen LogP) is 0.513. The minimum Gasteiger partial charge on any atom is -0.356 e. The molecule has 0 amide bonds. The van der Waals surface area contributed by atoms with Gasteiger partial charge in [0.05, 0.1) is 0 Å². The van der Waals surface area contributed by atoms with E-state index in [1.54, 1.807) is 7.05 Å². The molecule has 14 heavy (non-hydrogen) atoms. The van der Waals surface area contributed by atoms with Crippen LogP contribution in [0.1, 0.15) is 20.3 Å². The molecule has 84 valence electrons. The highest BCUT2D eigenvalue weighted by Gasteiger charge is 1.96. The van der Waals surface area contributed by atoms with E-state index in [4.69, 9.17) is 0 Å². The molecule has 0 saturated carbocycles. The first-order valence-electron chi connectivity index (χ1n) is 5.37. The van der Waals surface area contributed by atoms with Crippen LogP contribution in [0.2, 0.25) is 0 Å². The van der Waals surface area contributed by atoms with Gasteiger partial charge in [-0.2, -0.15) is 0 Å². The summed E-state index contributed by atoms with van der Waals surface area (Å²) in [5, 5.41) is 6.50. The molecule has 0 spiro atoms. The van der Waals surface area contributed by atoms with Crippen LogP contribution in [0.5, 0.6) is 0 Å². The molecule has 0 aliphatic heterocycles. The molecule has 0 aromatic carbocycles. The number of hydrogen-bond donors (Lipinski definition) is 2. The van der Waals surface area contributed by atoms with Crippen molar-refractivity contribution in [1.82, 2.24) is 15.5 Å². The summed E-state index contributed by atoms with van der Waals surface area (Å²) >= 11 is 0. The first-order chi connectivity index (χ1) is 6.74. The molecule has 0 radical (unpaired) electrons. The van der Waals surface area contributed by atoms with Gasteiger partial charge in [-0.15, -0.1) is 0 Å². The van der Waals surface area contributed by atoms with E-state index in [-0.39, 0.29) is 0 Å². The Labute approximate surface area is 87.8 Å². The molecule has 0 atom stereocenters. The number of guanidine groups is 1. The molecular weight excluding hydrogens is 176 g/mol. The lowest BCUT2D eigenvalue weighted by Gasteiger charge is -2.16. The topological polar surface area (TPSA) is 39.7 Å². The first kappa shape index (κ1) is 13.2. The Morgan fingerprint density at radius 1 is 1.21 bits per heavy atom. The molecule has 0 aliphatic carbocycles. The van der Waals surface area contributed by atoms with E-state index in [0.29, 0.717) is 0 Å². The van der Waals surface area contributed by atoms with E-state index >= 15 is 0 Å². The van der Waals surface area contributed by atoms with E-state index in [1.165, 1.54) is 0 Å². The first-order valence-corrected chi connectivity index (χ1v) is 5.37. The summed E-state index contributed by atoms with van der Waals surface area (Å²) in [5.41, 5.74) is 0. The fourth-order valence-corrected chi connectivity index (χ4v) is 0.987. The maximum Gasteiger partial charge on any atom is 0.191 e. The molecule has 0 rings (SSSR count). The maximum absolute atomic E-state index is 4.12. The fraction of sp³-hybridized carbons (Fsp3) is 0.900. The van der Waals surface area contributed by atoms with Crippen LogP contribution in [0.25, 0.3) is 0 Å². The zero-order valence-electron chi connectivity index (χ0n) is 9.93. The second kappa shape index (κ2) is 8.81. The molecule has 0 saturated heterocycles. The fourth-order valence-electron chi connectivity index (χ4n) is 0.987. The Hall–Kier alpha value is -0.770. The second-order valence-corrected chi connectivity index (χ2v) is 3.32. The van der Waals surface area contributed by atoms with Crippen molar-refractivity contribution in [2.75, 3.05) is 40.3 Å². The van der Waals surface area contributed by atoms with Crippen LogP contribution in [0.4, 0.5) is 0 Å². The average Bonchev–Trinajstić information content (AvgIpc) is 2.22. The lowest BCUT2D eigenvalue weighted by atomic mass is 10.5. The van der Waals surface area contributed by atoms with Crippen molar-refractivity contribution in [2.45, 2.75) is 20.3 Å². The Morgan fingerprint density at radius 3 is 2.36 bits per heavy atom. The summed E-state index contributed by atoms with van der Waals surface area (Å²) in [5.74, 6) is 0.899. The van der Waals surface area contributed by atoms with Gasteiger partial charge in [0.25, 0.3) is 0 Å². The highest BCUT2D eigenvalue weighted by molar-refractivity contribution is 5.79. The quantitative estimate of drug-likeness (QED) is 0.485. The van der Waals surface area contributed by atoms with Gasteiger partial charge in [0.2, 0.25) is 0 Å². The van der Waals surface area contributed by atoms with Gasteiger partial charge in [0.1, 0.15) is 0 Å². The molecule has 2 N–H and O–H groups in total. The lowest BCUT2D eigenvalue weighted by molar-refractivity contribution is 0.357. The van der Waals surface area contributed by atoms with Gasteiger partial charge >= 0.3 is 0 Å². The number of rotatable bonds is 6. The normalized spacial score (nSPS) is 11.9. The molecule has 0 bridgehead atoms. The van der Waals surface area contributed by atoms with Gasteiger partial charge in [-0.25, -0.2) is 0 Å². The highest BCUT2D eigenvalue weighted by atomic mass is 15.2. The molecule has 0 aromatic heterocycles. The van der Waals surface area contributed by atoms with E-state index in [0.717, 1.165) is 38.6 Å². The van der Waals surface area contributed by atoms with Crippen molar-refractivity contribution < 1.29 is 0 Å². The molecule has 4 nitrogen and oxygen atoms in total. The van der Waals surface area contributed by atoms with Crippen LogP contribution < -0.4 is 10.6 Å². The van der Waals surface area contributed by atoms with Gasteiger partial charge in [-0.05, 0) is 20.0 Å². The van der Waals surface area contributed by atoms with E-state index in [1.807, 2.05) is 0 Å². The van der Waals surface area contributed by atoms with Crippen LogP contribution in [0.3, 0.4) is 0 Å². The van der Waals surface area contributed by atoms with Crippen LogP contribution in [0.15, 0.2) is 4.99 Å². The largest absolute Gasteiger partial charge is 0.356 e. The van der Waals surface area contributed by atoms with Crippen LogP contribution in [0, 0.1) is 0 Å². The second-order valence-electron chi connectivity index (χ2n) is 3.32. The van der Waals surface area contributed by atoms with Crippen molar-refractivity contribution in [2.24, 2.45) is 4.99 Å². The van der Waals surface area contributed by atoms with Gasteiger partial charge in [-0.1, -0.05) is 13.8 Å². The third-order valence-electron chi connectivity index (χ3n) is 2.09. The minimum absolute atomic E-state index is 0.899. The number of nitrogens with one attached hydrogen (secondary N) is 2. The Morgan fingerprint density at radius 2 is 1.86 bits per heavy atom. The summed E-state index contributed by atoms with van der Waals surface area (Å²) in [7, 11) is 3.92. The third kappa shape index (κ3) is 6.71. The summed E-state index contributed by atoms with van der Waals surface area (Å²) in [6.45, 7) is 8.35. The molecule has 0 unspecified atom stereocenters. The van der Waals surface area contributed by atoms with E-state index < -0.39 is 0 Å². The molecule has 0 aliphatic rings. The standard InChI is InChI=1S/C10H24N4/c1-5-7-12-10(11-3)13-8-9-14(4)6-2/h5-9H2,1-4H3,(H2,11,12,13). The van der Waals surface area contributed by atoms with Gasteiger partial charge < -0.3 is 15.5 Å². The third-order valence-corrected chi connectivity index (χ3v) is 2.09. The number of nitrogens with zero attached hydrogens (tertiary/aromatic N) is 2. The predicted molar refractivity (Wildman–Crippen MR) is 62.8 cm³/mol. The van der Waals surface area contributed by atoms with E-state index in [9.17, 15) is 0 Å². The number of hydrogen-bond acceptors (Lipinski definition) is 2. The van der Waals surface area contributed by atoms with Gasteiger partial charge in [0.15, 0.2) is 5.96 Å². The van der Waals surface area contributed by atoms with Crippen LogP contribution in [-0.2, 0) is 0 Å². The van der Waals surface area contributed by atoms with Crippen molar-refractivity contribution in [3.05, 3.63) is 0 Å². The van der Waals surface area contributed by atoms with Crippen molar-refractivity contribution in [3.8, 4) is 0 Å². The molecule has 0 heterocycles. The van der Waals surface area contributed by atoms with Crippen LogP contribution >= 0.6 is 0 Å².